The predicted molar refractivity (Wildman–Crippen MR) is 96.1 cm³/mol. The molecule has 0 aromatic heterocycles. The van der Waals surface area contributed by atoms with Gasteiger partial charge in [-0.25, -0.2) is 0 Å². The molecule has 0 radical (unpaired) electrons. The first-order valence-electron chi connectivity index (χ1n) is 7.84. The van der Waals surface area contributed by atoms with E-state index in [1.54, 1.807) is 11.8 Å². The Morgan fingerprint density at radius 3 is 2.57 bits per heavy atom. The molecule has 3 rings (SSSR count). The maximum Gasteiger partial charge on any atom is 0.0693 e. The Hall–Kier alpha value is -1.04. The molecule has 0 unspecified atom stereocenters. The summed E-state index contributed by atoms with van der Waals surface area (Å²) in [6.45, 7) is 5.25. The molecule has 0 atom stereocenters. The maximum absolute atomic E-state index is 9.56. The van der Waals surface area contributed by atoms with E-state index in [-0.39, 0.29) is 6.61 Å². The van der Waals surface area contributed by atoms with Gasteiger partial charge in [0, 0.05) is 47.5 Å². The highest BCUT2D eigenvalue weighted by Crippen LogP contribution is 2.34. The number of hydrogen-bond acceptors (Lipinski definition) is 4. The number of hydrogen-bond donors (Lipinski definition) is 2. The highest BCUT2D eigenvalue weighted by molar-refractivity contribution is 7.99. The number of halogens is 1. The molecule has 2 aromatic rings. The molecular formula is C18H21ClN2OS. The van der Waals surface area contributed by atoms with Crippen molar-refractivity contribution in [3.63, 3.8) is 0 Å². The lowest BCUT2D eigenvalue weighted by Gasteiger charge is -2.28. The minimum atomic E-state index is 0.00283. The Morgan fingerprint density at radius 1 is 1.04 bits per heavy atom. The molecule has 0 bridgehead atoms. The summed E-state index contributed by atoms with van der Waals surface area (Å²) >= 11 is 7.73. The van der Waals surface area contributed by atoms with E-state index >= 15 is 0 Å². The van der Waals surface area contributed by atoms with Crippen LogP contribution in [0.15, 0.2) is 52.3 Å². The van der Waals surface area contributed by atoms with Crippen LogP contribution in [-0.4, -0.2) is 36.2 Å². The minimum absolute atomic E-state index is 0.00283. The van der Waals surface area contributed by atoms with Gasteiger partial charge in [-0.1, -0.05) is 41.6 Å². The molecule has 1 aliphatic heterocycles. The third-order valence-electron chi connectivity index (χ3n) is 3.99. The van der Waals surface area contributed by atoms with Crippen molar-refractivity contribution >= 4 is 23.4 Å². The summed E-state index contributed by atoms with van der Waals surface area (Å²) in [5.74, 6) is 0. The number of aliphatic hydroxyl groups is 1. The average molecular weight is 349 g/mol. The normalized spacial score (nSPS) is 15.7. The molecular weight excluding hydrogens is 328 g/mol. The van der Waals surface area contributed by atoms with Crippen LogP contribution in [0.5, 0.6) is 0 Å². The van der Waals surface area contributed by atoms with E-state index in [4.69, 9.17) is 11.6 Å². The molecule has 0 saturated carbocycles. The second-order valence-corrected chi connectivity index (χ2v) is 7.17. The van der Waals surface area contributed by atoms with Gasteiger partial charge in [-0.15, -0.1) is 0 Å². The number of aliphatic hydroxyl groups excluding tert-OH is 1. The fraction of sp³-hybridized carbons (Fsp3) is 0.333. The number of nitrogens with zero attached hydrogens (tertiary/aromatic N) is 1. The van der Waals surface area contributed by atoms with Crippen LogP contribution in [0.4, 0.5) is 0 Å². The molecule has 1 fully saturated rings. The lowest BCUT2D eigenvalue weighted by Crippen LogP contribution is -2.42. The van der Waals surface area contributed by atoms with E-state index < -0.39 is 0 Å². The molecule has 0 spiro atoms. The molecule has 5 heteroatoms. The summed E-state index contributed by atoms with van der Waals surface area (Å²) in [5, 5.41) is 13.6. The van der Waals surface area contributed by atoms with Crippen molar-refractivity contribution in [3.8, 4) is 0 Å². The zero-order valence-corrected chi connectivity index (χ0v) is 14.5. The van der Waals surface area contributed by atoms with Gasteiger partial charge in [-0.3, -0.25) is 4.90 Å². The van der Waals surface area contributed by atoms with E-state index in [1.165, 1.54) is 10.5 Å². The predicted octanol–water partition coefficient (Wildman–Crippen LogP) is 3.39. The van der Waals surface area contributed by atoms with Gasteiger partial charge in [0.05, 0.1) is 6.61 Å². The van der Waals surface area contributed by atoms with Gasteiger partial charge in [-0.05, 0) is 35.4 Å². The van der Waals surface area contributed by atoms with Crippen LogP contribution in [0.25, 0.3) is 0 Å². The molecule has 1 saturated heterocycles. The summed E-state index contributed by atoms with van der Waals surface area (Å²) in [5.41, 5.74) is 2.21. The summed E-state index contributed by atoms with van der Waals surface area (Å²) in [6.07, 6.45) is 0. The maximum atomic E-state index is 9.56. The van der Waals surface area contributed by atoms with Crippen LogP contribution in [0.1, 0.15) is 11.1 Å². The SMILES string of the molecule is OCc1cc(Cl)ccc1Sc1ccccc1CN1CCNCC1. The Morgan fingerprint density at radius 2 is 1.78 bits per heavy atom. The summed E-state index contributed by atoms with van der Waals surface area (Å²) < 4.78 is 0. The van der Waals surface area contributed by atoms with Gasteiger partial charge < -0.3 is 10.4 Å². The monoisotopic (exact) mass is 348 g/mol. The molecule has 1 aliphatic rings. The molecule has 1 heterocycles. The van der Waals surface area contributed by atoms with Crippen LogP contribution in [0.3, 0.4) is 0 Å². The quantitative estimate of drug-likeness (QED) is 0.868. The van der Waals surface area contributed by atoms with Crippen LogP contribution < -0.4 is 5.32 Å². The number of benzene rings is 2. The molecule has 122 valence electrons. The van der Waals surface area contributed by atoms with Crippen molar-refractivity contribution in [2.45, 2.75) is 22.9 Å². The van der Waals surface area contributed by atoms with Gasteiger partial charge in [0.15, 0.2) is 0 Å². The Bertz CT molecular complexity index is 659. The molecule has 0 amide bonds. The Labute approximate surface area is 146 Å². The lowest BCUT2D eigenvalue weighted by molar-refractivity contribution is 0.232. The van der Waals surface area contributed by atoms with Crippen molar-refractivity contribution in [2.24, 2.45) is 0 Å². The standard InChI is InChI=1S/C18H21ClN2OS/c19-16-5-6-18(15(11-16)13-22)23-17-4-2-1-3-14(17)12-21-9-7-20-8-10-21/h1-6,11,20,22H,7-10,12-13H2. The van der Waals surface area contributed by atoms with Gasteiger partial charge >= 0.3 is 0 Å². The third-order valence-corrected chi connectivity index (χ3v) is 5.46. The van der Waals surface area contributed by atoms with E-state index in [0.717, 1.165) is 43.2 Å². The number of nitrogens with one attached hydrogen (secondary N) is 1. The van der Waals surface area contributed by atoms with Gasteiger partial charge in [-0.2, -0.15) is 0 Å². The van der Waals surface area contributed by atoms with Crippen LogP contribution in [0, 0.1) is 0 Å². The smallest absolute Gasteiger partial charge is 0.0693 e. The zero-order valence-electron chi connectivity index (χ0n) is 13.0. The van der Waals surface area contributed by atoms with Gasteiger partial charge in [0.25, 0.3) is 0 Å². The first-order chi connectivity index (χ1) is 11.3. The number of piperazine rings is 1. The third kappa shape index (κ3) is 4.49. The van der Waals surface area contributed by atoms with Gasteiger partial charge in [0.2, 0.25) is 0 Å². The zero-order chi connectivity index (χ0) is 16.1. The summed E-state index contributed by atoms with van der Waals surface area (Å²) in [6, 6.07) is 14.2. The van der Waals surface area contributed by atoms with Crippen LogP contribution in [0.2, 0.25) is 5.02 Å². The Balaban J connectivity index is 1.80. The van der Waals surface area contributed by atoms with E-state index in [0.29, 0.717) is 5.02 Å². The number of rotatable bonds is 5. The van der Waals surface area contributed by atoms with E-state index in [2.05, 4.69) is 34.5 Å². The Kier molecular flexibility index (Phi) is 5.97. The van der Waals surface area contributed by atoms with E-state index in [1.807, 2.05) is 18.2 Å². The van der Waals surface area contributed by atoms with Crippen molar-refractivity contribution in [2.75, 3.05) is 26.2 Å². The molecule has 2 N–H and O–H groups in total. The van der Waals surface area contributed by atoms with Crippen molar-refractivity contribution in [1.82, 2.24) is 10.2 Å². The average Bonchev–Trinajstić information content (AvgIpc) is 2.59. The van der Waals surface area contributed by atoms with E-state index in [9.17, 15) is 5.11 Å². The highest BCUT2D eigenvalue weighted by atomic mass is 35.5. The first kappa shape index (κ1) is 16.8. The minimum Gasteiger partial charge on any atom is -0.392 e. The second kappa shape index (κ2) is 8.18. The second-order valence-electron chi connectivity index (χ2n) is 5.65. The lowest BCUT2D eigenvalue weighted by atomic mass is 10.2. The van der Waals surface area contributed by atoms with Gasteiger partial charge in [0.1, 0.15) is 0 Å². The molecule has 2 aromatic carbocycles. The van der Waals surface area contributed by atoms with Crippen molar-refractivity contribution < 1.29 is 5.11 Å². The van der Waals surface area contributed by atoms with Crippen molar-refractivity contribution in [3.05, 3.63) is 58.6 Å². The highest BCUT2D eigenvalue weighted by Gasteiger charge is 2.13. The molecule has 23 heavy (non-hydrogen) atoms. The molecule has 3 nitrogen and oxygen atoms in total. The largest absolute Gasteiger partial charge is 0.392 e. The summed E-state index contributed by atoms with van der Waals surface area (Å²) in [7, 11) is 0. The topological polar surface area (TPSA) is 35.5 Å². The fourth-order valence-corrected chi connectivity index (χ4v) is 3.97. The first-order valence-corrected chi connectivity index (χ1v) is 9.04. The van der Waals surface area contributed by atoms with Crippen LogP contribution in [-0.2, 0) is 13.2 Å². The molecule has 0 aliphatic carbocycles. The summed E-state index contributed by atoms with van der Waals surface area (Å²) in [4.78, 5) is 4.78. The van der Waals surface area contributed by atoms with Crippen LogP contribution >= 0.6 is 23.4 Å². The fourth-order valence-electron chi connectivity index (χ4n) is 2.73. The van der Waals surface area contributed by atoms with Crippen molar-refractivity contribution in [1.29, 1.82) is 0 Å².